The highest BCUT2D eigenvalue weighted by Gasteiger charge is 2.28. The van der Waals surface area contributed by atoms with Gasteiger partial charge in [0.25, 0.3) is 5.91 Å². The number of aryl methyl sites for hydroxylation is 1. The highest BCUT2D eigenvalue weighted by atomic mass is 16.3. The van der Waals surface area contributed by atoms with Crippen molar-refractivity contribution >= 4 is 27.9 Å². The second kappa shape index (κ2) is 6.82. The molecule has 4 aromatic rings. The molecule has 1 aliphatic carbocycles. The van der Waals surface area contributed by atoms with Crippen molar-refractivity contribution in [1.29, 1.82) is 0 Å². The van der Waals surface area contributed by atoms with E-state index < -0.39 is 0 Å². The van der Waals surface area contributed by atoms with Gasteiger partial charge < -0.3 is 14.7 Å². The predicted molar refractivity (Wildman–Crippen MR) is 110 cm³/mol. The van der Waals surface area contributed by atoms with E-state index in [9.17, 15) is 4.79 Å². The molecule has 2 heterocycles. The maximum absolute atomic E-state index is 12.9. The summed E-state index contributed by atoms with van der Waals surface area (Å²) in [6.45, 7) is 1.94. The number of benzene rings is 2. The van der Waals surface area contributed by atoms with Crippen molar-refractivity contribution in [2.45, 2.75) is 44.6 Å². The second-order valence-corrected chi connectivity index (χ2v) is 7.73. The monoisotopic (exact) mass is 373 g/mol. The molecule has 5 heteroatoms. The molecule has 0 saturated heterocycles. The topological polar surface area (TPSA) is 70.9 Å². The lowest BCUT2D eigenvalue weighted by Gasteiger charge is -2.28. The van der Waals surface area contributed by atoms with Crippen LogP contribution in [0.15, 0.2) is 52.9 Å². The van der Waals surface area contributed by atoms with Crippen LogP contribution >= 0.6 is 0 Å². The van der Waals surface area contributed by atoms with E-state index in [4.69, 9.17) is 9.40 Å². The van der Waals surface area contributed by atoms with E-state index in [1.54, 1.807) is 0 Å². The van der Waals surface area contributed by atoms with Gasteiger partial charge in [0.1, 0.15) is 11.4 Å². The van der Waals surface area contributed by atoms with Crippen LogP contribution in [0.1, 0.15) is 53.5 Å². The number of nitrogens with one attached hydrogen (secondary N) is 2. The Balaban J connectivity index is 1.33. The average Bonchev–Trinajstić information content (AvgIpc) is 3.30. The Morgan fingerprint density at radius 3 is 2.82 bits per heavy atom. The van der Waals surface area contributed by atoms with Crippen LogP contribution in [-0.4, -0.2) is 21.9 Å². The van der Waals surface area contributed by atoms with Gasteiger partial charge >= 0.3 is 0 Å². The summed E-state index contributed by atoms with van der Waals surface area (Å²) in [5.74, 6) is 1.67. The molecule has 0 spiro atoms. The Morgan fingerprint density at radius 2 is 1.96 bits per heavy atom. The smallest absolute Gasteiger partial charge is 0.287 e. The standard InChI is InChI=1S/C23H23N3O2/c1-14-17-9-2-5-12-20(17)28-21(14)23(27)24-16-8-6-7-15(13-16)22-25-18-10-3-4-11-19(18)26-22/h2-5,9-12,15-16H,6-8,13H2,1H3,(H,24,27)(H,25,26)/t15-,16+/m0/s1. The maximum Gasteiger partial charge on any atom is 0.287 e. The van der Waals surface area contributed by atoms with Gasteiger partial charge in [0, 0.05) is 22.9 Å². The van der Waals surface area contributed by atoms with Crippen molar-refractivity contribution in [3.63, 3.8) is 0 Å². The molecule has 2 aromatic carbocycles. The summed E-state index contributed by atoms with van der Waals surface area (Å²) in [5.41, 5.74) is 3.73. The van der Waals surface area contributed by atoms with Crippen LogP contribution in [0.3, 0.4) is 0 Å². The average molecular weight is 373 g/mol. The number of H-pyrrole nitrogens is 1. The van der Waals surface area contributed by atoms with E-state index >= 15 is 0 Å². The van der Waals surface area contributed by atoms with Crippen LogP contribution in [0.4, 0.5) is 0 Å². The number of furan rings is 1. The fourth-order valence-electron chi connectivity index (χ4n) is 4.38. The minimum absolute atomic E-state index is 0.121. The molecule has 2 N–H and O–H groups in total. The van der Waals surface area contributed by atoms with E-state index in [0.717, 1.165) is 59.1 Å². The van der Waals surface area contributed by atoms with Gasteiger partial charge in [-0.15, -0.1) is 0 Å². The van der Waals surface area contributed by atoms with E-state index in [1.165, 1.54) is 0 Å². The van der Waals surface area contributed by atoms with Gasteiger partial charge in [0.05, 0.1) is 11.0 Å². The Hall–Kier alpha value is -3.08. The van der Waals surface area contributed by atoms with Crippen LogP contribution in [0, 0.1) is 6.92 Å². The second-order valence-electron chi connectivity index (χ2n) is 7.73. The molecule has 5 nitrogen and oxygen atoms in total. The first-order valence-electron chi connectivity index (χ1n) is 9.92. The first kappa shape index (κ1) is 17.0. The number of rotatable bonds is 3. The molecule has 28 heavy (non-hydrogen) atoms. The third-order valence-corrected chi connectivity index (χ3v) is 5.85. The summed E-state index contributed by atoms with van der Waals surface area (Å²) < 4.78 is 5.82. The van der Waals surface area contributed by atoms with Gasteiger partial charge in [-0.05, 0) is 44.4 Å². The molecule has 2 atom stereocenters. The number of fused-ring (bicyclic) bond motifs is 2. The zero-order valence-corrected chi connectivity index (χ0v) is 15.9. The molecule has 5 rings (SSSR count). The Bertz CT molecular complexity index is 1120. The lowest BCUT2D eigenvalue weighted by Crippen LogP contribution is -2.38. The van der Waals surface area contributed by atoms with Gasteiger partial charge in [-0.1, -0.05) is 36.8 Å². The van der Waals surface area contributed by atoms with Gasteiger partial charge in [-0.25, -0.2) is 4.98 Å². The number of aromatic amines is 1. The Morgan fingerprint density at radius 1 is 1.14 bits per heavy atom. The summed E-state index contributed by atoms with van der Waals surface area (Å²) in [7, 11) is 0. The number of hydrogen-bond donors (Lipinski definition) is 2. The van der Waals surface area contributed by atoms with Gasteiger partial charge in [-0.2, -0.15) is 0 Å². The third-order valence-electron chi connectivity index (χ3n) is 5.85. The third kappa shape index (κ3) is 2.97. The quantitative estimate of drug-likeness (QED) is 0.526. The van der Waals surface area contributed by atoms with Crippen LogP contribution in [0.5, 0.6) is 0 Å². The number of carbonyl (C=O) groups is 1. The summed E-state index contributed by atoms with van der Waals surface area (Å²) >= 11 is 0. The predicted octanol–water partition coefficient (Wildman–Crippen LogP) is 5.07. The van der Waals surface area contributed by atoms with Crippen molar-refractivity contribution in [3.05, 3.63) is 65.7 Å². The molecule has 1 aliphatic rings. The number of imidazole rings is 1. The van der Waals surface area contributed by atoms with Gasteiger partial charge in [0.15, 0.2) is 5.76 Å². The highest BCUT2D eigenvalue weighted by molar-refractivity contribution is 5.99. The van der Waals surface area contributed by atoms with Crippen molar-refractivity contribution in [3.8, 4) is 0 Å². The lowest BCUT2D eigenvalue weighted by atomic mass is 9.85. The minimum atomic E-state index is -0.121. The van der Waals surface area contributed by atoms with Crippen LogP contribution in [0.2, 0.25) is 0 Å². The molecule has 0 unspecified atom stereocenters. The van der Waals surface area contributed by atoms with Crippen LogP contribution < -0.4 is 5.32 Å². The lowest BCUT2D eigenvalue weighted by molar-refractivity contribution is 0.0898. The fourth-order valence-corrected chi connectivity index (χ4v) is 4.38. The number of aromatic nitrogens is 2. The first-order chi connectivity index (χ1) is 13.7. The molecular formula is C23H23N3O2. The number of para-hydroxylation sites is 3. The highest BCUT2D eigenvalue weighted by Crippen LogP contribution is 2.33. The summed E-state index contributed by atoms with van der Waals surface area (Å²) in [5, 5.41) is 4.19. The zero-order chi connectivity index (χ0) is 19.1. The summed E-state index contributed by atoms with van der Waals surface area (Å²) in [6, 6.07) is 16.0. The largest absolute Gasteiger partial charge is 0.451 e. The summed E-state index contributed by atoms with van der Waals surface area (Å²) in [6.07, 6.45) is 4.05. The number of carbonyl (C=O) groups excluding carboxylic acids is 1. The maximum atomic E-state index is 12.9. The molecule has 0 aliphatic heterocycles. The van der Waals surface area contributed by atoms with Crippen molar-refractivity contribution in [1.82, 2.24) is 15.3 Å². The summed E-state index contributed by atoms with van der Waals surface area (Å²) in [4.78, 5) is 21.1. The molecule has 1 amide bonds. The molecule has 0 bridgehead atoms. The molecule has 0 radical (unpaired) electrons. The molecule has 142 valence electrons. The van der Waals surface area contributed by atoms with Crippen LogP contribution in [-0.2, 0) is 0 Å². The molecule has 1 saturated carbocycles. The van der Waals surface area contributed by atoms with Crippen molar-refractivity contribution < 1.29 is 9.21 Å². The fraction of sp³-hybridized carbons (Fsp3) is 0.304. The van der Waals surface area contributed by atoms with E-state index in [1.807, 2.05) is 49.4 Å². The van der Waals surface area contributed by atoms with Crippen molar-refractivity contribution in [2.75, 3.05) is 0 Å². The van der Waals surface area contributed by atoms with E-state index in [0.29, 0.717) is 11.7 Å². The van der Waals surface area contributed by atoms with E-state index in [-0.39, 0.29) is 11.9 Å². The minimum Gasteiger partial charge on any atom is -0.451 e. The first-order valence-corrected chi connectivity index (χ1v) is 9.92. The number of amides is 1. The van der Waals surface area contributed by atoms with Gasteiger partial charge in [-0.3, -0.25) is 4.79 Å². The van der Waals surface area contributed by atoms with Crippen molar-refractivity contribution in [2.24, 2.45) is 0 Å². The molecule has 1 fully saturated rings. The van der Waals surface area contributed by atoms with E-state index in [2.05, 4.69) is 16.4 Å². The normalized spacial score (nSPS) is 19.9. The number of nitrogens with zero attached hydrogens (tertiary/aromatic N) is 1. The number of hydrogen-bond acceptors (Lipinski definition) is 3. The molecule has 2 aromatic heterocycles. The van der Waals surface area contributed by atoms with Gasteiger partial charge in [0.2, 0.25) is 0 Å². The molecular weight excluding hydrogens is 350 g/mol. The SMILES string of the molecule is Cc1c(C(=O)N[C@@H]2CCC[C@H](c3nc4ccccc4[nH]3)C2)oc2ccccc12. The Labute approximate surface area is 163 Å². The Kier molecular flexibility index (Phi) is 4.15. The zero-order valence-electron chi connectivity index (χ0n) is 15.9. The van der Waals surface area contributed by atoms with Crippen LogP contribution in [0.25, 0.3) is 22.0 Å².